The zero-order valence-corrected chi connectivity index (χ0v) is 9.32. The van der Waals surface area contributed by atoms with Crippen molar-refractivity contribution < 1.29 is 10.2 Å². The average Bonchev–Trinajstić information content (AvgIpc) is 2.12. The molecule has 0 spiro atoms. The van der Waals surface area contributed by atoms with Gasteiger partial charge in [0.15, 0.2) is 0 Å². The van der Waals surface area contributed by atoms with Gasteiger partial charge in [0.25, 0.3) is 0 Å². The van der Waals surface area contributed by atoms with E-state index < -0.39 is 12.1 Å². The first-order valence-electron chi connectivity index (χ1n) is 4.15. The number of hydrogen-bond donors (Lipinski definition) is 4. The summed E-state index contributed by atoms with van der Waals surface area (Å²) in [7, 11) is 0. The van der Waals surface area contributed by atoms with E-state index in [-0.39, 0.29) is 11.4 Å². The molecule has 0 radical (unpaired) electrons. The van der Waals surface area contributed by atoms with Gasteiger partial charge in [0.2, 0.25) is 0 Å². The number of phenolic OH excluding ortho intramolecular Hbond substituents is 1. The minimum Gasteiger partial charge on any atom is -0.505 e. The molecule has 1 aromatic carbocycles. The molecular formula is C9H13BrN2O2. The number of aliphatic hydroxyl groups is 1. The molecule has 6 N–H and O–H groups in total. The second-order valence-electron chi connectivity index (χ2n) is 3.17. The number of nitrogen functional groups attached to an aromatic ring is 1. The van der Waals surface area contributed by atoms with E-state index in [2.05, 4.69) is 15.9 Å². The lowest BCUT2D eigenvalue weighted by atomic mass is 10.0. The van der Waals surface area contributed by atoms with Gasteiger partial charge < -0.3 is 21.7 Å². The first-order chi connectivity index (χ1) is 6.45. The normalized spacial score (nSPS) is 15.1. The summed E-state index contributed by atoms with van der Waals surface area (Å²) in [5.74, 6) is -0.0761. The Hall–Kier alpha value is -0.780. The van der Waals surface area contributed by atoms with E-state index >= 15 is 0 Å². The van der Waals surface area contributed by atoms with Crippen molar-refractivity contribution in [3.63, 3.8) is 0 Å². The highest BCUT2D eigenvalue weighted by atomic mass is 79.9. The van der Waals surface area contributed by atoms with Crippen LogP contribution in [0.15, 0.2) is 16.6 Å². The summed E-state index contributed by atoms with van der Waals surface area (Å²) in [5.41, 5.74) is 11.9. The first kappa shape index (κ1) is 11.3. The molecule has 0 saturated carbocycles. The Morgan fingerprint density at radius 3 is 2.50 bits per heavy atom. The van der Waals surface area contributed by atoms with E-state index in [4.69, 9.17) is 11.5 Å². The van der Waals surface area contributed by atoms with Gasteiger partial charge in [-0.05, 0) is 19.1 Å². The Kier molecular flexibility index (Phi) is 3.36. The lowest BCUT2D eigenvalue weighted by Crippen LogP contribution is -2.23. The van der Waals surface area contributed by atoms with Crippen LogP contribution in [0.2, 0.25) is 0 Å². The predicted molar refractivity (Wildman–Crippen MR) is 58.8 cm³/mol. The fourth-order valence-electron chi connectivity index (χ4n) is 1.16. The van der Waals surface area contributed by atoms with Crippen LogP contribution in [0.5, 0.6) is 5.75 Å². The van der Waals surface area contributed by atoms with Gasteiger partial charge in [-0.25, -0.2) is 0 Å². The summed E-state index contributed by atoms with van der Waals surface area (Å²) < 4.78 is 0.637. The summed E-state index contributed by atoms with van der Waals surface area (Å²) >= 11 is 3.24. The quantitative estimate of drug-likeness (QED) is 0.474. The summed E-state index contributed by atoms with van der Waals surface area (Å²) in [6.45, 7) is 1.56. The molecule has 0 bridgehead atoms. The van der Waals surface area contributed by atoms with Crippen LogP contribution in [-0.2, 0) is 0 Å². The van der Waals surface area contributed by atoms with Crippen molar-refractivity contribution in [3.8, 4) is 5.75 Å². The topological polar surface area (TPSA) is 92.5 Å². The Balaban J connectivity index is 3.25. The minimum absolute atomic E-state index is 0.0761. The van der Waals surface area contributed by atoms with Crippen LogP contribution in [0.25, 0.3) is 0 Å². The molecule has 0 heterocycles. The Bertz CT molecular complexity index is 342. The van der Waals surface area contributed by atoms with Crippen LogP contribution in [0.4, 0.5) is 5.69 Å². The fourth-order valence-corrected chi connectivity index (χ4v) is 1.74. The van der Waals surface area contributed by atoms with Gasteiger partial charge in [-0.15, -0.1) is 0 Å². The van der Waals surface area contributed by atoms with Crippen molar-refractivity contribution >= 4 is 21.6 Å². The van der Waals surface area contributed by atoms with Gasteiger partial charge in [0.05, 0.1) is 17.8 Å². The molecule has 0 fully saturated rings. The van der Waals surface area contributed by atoms with E-state index in [1.807, 2.05) is 0 Å². The van der Waals surface area contributed by atoms with Crippen LogP contribution in [-0.4, -0.2) is 16.3 Å². The Labute approximate surface area is 90.7 Å². The van der Waals surface area contributed by atoms with Crippen LogP contribution in [0.3, 0.4) is 0 Å². The molecule has 0 saturated heterocycles. The highest BCUT2D eigenvalue weighted by Crippen LogP contribution is 2.36. The summed E-state index contributed by atoms with van der Waals surface area (Å²) in [5, 5.41) is 19.0. The molecular weight excluding hydrogens is 248 g/mol. The first-order valence-corrected chi connectivity index (χ1v) is 4.95. The molecule has 0 amide bonds. The van der Waals surface area contributed by atoms with Gasteiger partial charge in [0, 0.05) is 10.0 Å². The van der Waals surface area contributed by atoms with Gasteiger partial charge in [-0.1, -0.05) is 15.9 Å². The zero-order chi connectivity index (χ0) is 10.9. The van der Waals surface area contributed by atoms with Crippen molar-refractivity contribution in [1.82, 2.24) is 0 Å². The second kappa shape index (κ2) is 4.16. The molecule has 1 aromatic rings. The van der Waals surface area contributed by atoms with Crippen molar-refractivity contribution in [1.29, 1.82) is 0 Å². The molecule has 0 aliphatic carbocycles. The molecule has 2 atom stereocenters. The highest BCUT2D eigenvalue weighted by Gasteiger charge is 2.20. The Morgan fingerprint density at radius 1 is 1.43 bits per heavy atom. The van der Waals surface area contributed by atoms with E-state index in [9.17, 15) is 10.2 Å². The number of anilines is 1. The van der Waals surface area contributed by atoms with Gasteiger partial charge in [0.1, 0.15) is 5.75 Å². The number of hydrogen-bond acceptors (Lipinski definition) is 4. The van der Waals surface area contributed by atoms with Gasteiger partial charge >= 0.3 is 0 Å². The molecule has 1 rings (SSSR count). The molecule has 14 heavy (non-hydrogen) atoms. The number of benzene rings is 1. The maximum absolute atomic E-state index is 9.65. The standard InChI is InChI=1S/C9H13BrN2O2/c1-4(13)8(12)7-5(10)2-3-6(11)9(7)14/h2-4,8,13-14H,11-12H2,1H3/t4?,8-/m1/s1. The number of rotatable bonds is 2. The third-order valence-corrected chi connectivity index (χ3v) is 2.74. The van der Waals surface area contributed by atoms with Crippen LogP contribution >= 0.6 is 15.9 Å². The van der Waals surface area contributed by atoms with Gasteiger partial charge in [-0.3, -0.25) is 0 Å². The predicted octanol–water partition coefficient (Wildman–Crippen LogP) is 1.12. The number of halogens is 1. The molecule has 4 nitrogen and oxygen atoms in total. The molecule has 78 valence electrons. The lowest BCUT2D eigenvalue weighted by molar-refractivity contribution is 0.162. The van der Waals surface area contributed by atoms with E-state index in [0.717, 1.165) is 0 Å². The van der Waals surface area contributed by atoms with E-state index in [1.165, 1.54) is 0 Å². The summed E-state index contributed by atoms with van der Waals surface area (Å²) in [6.07, 6.45) is -0.751. The lowest BCUT2D eigenvalue weighted by Gasteiger charge is -2.18. The third kappa shape index (κ3) is 2.00. The SMILES string of the molecule is CC(O)[C@@H](N)c1c(Br)ccc(N)c1O. The van der Waals surface area contributed by atoms with E-state index in [1.54, 1.807) is 19.1 Å². The largest absolute Gasteiger partial charge is 0.505 e. The molecule has 5 heteroatoms. The highest BCUT2D eigenvalue weighted by molar-refractivity contribution is 9.10. The third-order valence-electron chi connectivity index (χ3n) is 2.05. The molecule has 0 aromatic heterocycles. The van der Waals surface area contributed by atoms with Crippen molar-refractivity contribution in [2.45, 2.75) is 19.1 Å². The van der Waals surface area contributed by atoms with Crippen molar-refractivity contribution in [2.75, 3.05) is 5.73 Å². The number of phenols is 1. The fraction of sp³-hybridized carbons (Fsp3) is 0.333. The number of nitrogens with two attached hydrogens (primary N) is 2. The van der Waals surface area contributed by atoms with Crippen molar-refractivity contribution in [2.24, 2.45) is 5.73 Å². The number of aliphatic hydroxyl groups excluding tert-OH is 1. The van der Waals surface area contributed by atoms with Crippen LogP contribution in [0, 0.1) is 0 Å². The maximum atomic E-state index is 9.65. The van der Waals surface area contributed by atoms with Gasteiger partial charge in [-0.2, -0.15) is 0 Å². The minimum atomic E-state index is -0.751. The Morgan fingerprint density at radius 2 is 2.00 bits per heavy atom. The molecule has 0 aliphatic heterocycles. The smallest absolute Gasteiger partial charge is 0.144 e. The van der Waals surface area contributed by atoms with E-state index in [0.29, 0.717) is 10.0 Å². The molecule has 1 unspecified atom stereocenters. The second-order valence-corrected chi connectivity index (χ2v) is 4.02. The van der Waals surface area contributed by atoms with Crippen LogP contribution < -0.4 is 11.5 Å². The number of aromatic hydroxyl groups is 1. The molecule has 0 aliphatic rings. The maximum Gasteiger partial charge on any atom is 0.144 e. The average molecular weight is 261 g/mol. The van der Waals surface area contributed by atoms with Crippen molar-refractivity contribution in [3.05, 3.63) is 22.2 Å². The monoisotopic (exact) mass is 260 g/mol. The summed E-state index contributed by atoms with van der Waals surface area (Å²) in [6, 6.07) is 2.59. The summed E-state index contributed by atoms with van der Waals surface area (Å²) in [4.78, 5) is 0. The van der Waals surface area contributed by atoms with Crippen LogP contribution in [0.1, 0.15) is 18.5 Å². The zero-order valence-electron chi connectivity index (χ0n) is 7.74.